The van der Waals surface area contributed by atoms with Crippen molar-refractivity contribution in [3.05, 3.63) is 63.2 Å². The minimum atomic E-state index is -0.934. The smallest absolute Gasteiger partial charge is 0.338 e. The van der Waals surface area contributed by atoms with Gasteiger partial charge < -0.3 is 10.1 Å². The minimum Gasteiger partial charge on any atom is -0.449 e. The number of hydrogen-bond donors (Lipinski definition) is 1. The van der Waals surface area contributed by atoms with Gasteiger partial charge in [0.15, 0.2) is 6.10 Å². The Morgan fingerprint density at radius 2 is 1.91 bits per heavy atom. The number of ether oxygens (including phenoxy) is 1. The lowest BCUT2D eigenvalue weighted by Gasteiger charge is -2.13. The molecule has 0 aliphatic heterocycles. The number of nitriles is 1. The van der Waals surface area contributed by atoms with Crippen LogP contribution in [-0.2, 0) is 9.53 Å². The van der Waals surface area contributed by atoms with Crippen molar-refractivity contribution >= 4 is 40.2 Å². The average molecular weight is 420 g/mol. The van der Waals surface area contributed by atoms with Gasteiger partial charge in [-0.25, -0.2) is 4.79 Å². The summed E-state index contributed by atoms with van der Waals surface area (Å²) in [6, 6.07) is 15.4. The summed E-state index contributed by atoms with van der Waals surface area (Å²) in [7, 11) is 0. The number of carbonyl (C=O) groups excluding carboxylic acids is 2. The molecule has 5 nitrogen and oxygen atoms in total. The molecular weight excluding hydrogens is 407 g/mol. The van der Waals surface area contributed by atoms with E-state index in [-0.39, 0.29) is 0 Å². The SMILES string of the molecule is CC(OC(=O)c1cccc(I)c1)C(=O)Nc1ccc(C#N)cc1. The highest BCUT2D eigenvalue weighted by molar-refractivity contribution is 14.1. The molecule has 1 amide bonds. The van der Waals surface area contributed by atoms with Crippen molar-refractivity contribution in [1.82, 2.24) is 0 Å². The van der Waals surface area contributed by atoms with Crippen LogP contribution in [0.5, 0.6) is 0 Å². The molecule has 6 heteroatoms. The van der Waals surface area contributed by atoms with Crippen LogP contribution in [0.25, 0.3) is 0 Å². The van der Waals surface area contributed by atoms with E-state index >= 15 is 0 Å². The molecule has 0 aliphatic carbocycles. The van der Waals surface area contributed by atoms with Gasteiger partial charge in [0.1, 0.15) is 0 Å². The molecule has 0 bridgehead atoms. The van der Waals surface area contributed by atoms with E-state index in [1.807, 2.05) is 12.1 Å². The minimum absolute atomic E-state index is 0.398. The monoisotopic (exact) mass is 420 g/mol. The van der Waals surface area contributed by atoms with Crippen molar-refractivity contribution in [1.29, 1.82) is 5.26 Å². The van der Waals surface area contributed by atoms with Gasteiger partial charge in [0.25, 0.3) is 5.91 Å². The summed E-state index contributed by atoms with van der Waals surface area (Å²) in [6.07, 6.45) is -0.934. The summed E-state index contributed by atoms with van der Waals surface area (Å²) in [5, 5.41) is 11.4. The van der Waals surface area contributed by atoms with Gasteiger partial charge >= 0.3 is 5.97 Å². The molecule has 1 atom stereocenters. The summed E-state index contributed by atoms with van der Waals surface area (Å²) in [4.78, 5) is 24.1. The molecule has 2 aromatic rings. The lowest BCUT2D eigenvalue weighted by atomic mass is 10.2. The van der Waals surface area contributed by atoms with E-state index in [1.54, 1.807) is 42.5 Å². The maximum Gasteiger partial charge on any atom is 0.338 e. The topological polar surface area (TPSA) is 79.2 Å². The standard InChI is InChI=1S/C17H13IN2O3/c1-11(23-17(22)13-3-2-4-14(18)9-13)16(21)20-15-7-5-12(10-19)6-8-15/h2-9,11H,1H3,(H,20,21). The Hall–Kier alpha value is -2.40. The third-order valence-corrected chi connectivity index (χ3v) is 3.67. The first kappa shape index (κ1) is 17.0. The van der Waals surface area contributed by atoms with Crippen LogP contribution < -0.4 is 5.32 Å². The summed E-state index contributed by atoms with van der Waals surface area (Å²) >= 11 is 2.10. The first-order valence-corrected chi connectivity index (χ1v) is 7.85. The molecular formula is C17H13IN2O3. The molecule has 0 saturated heterocycles. The number of anilines is 1. The highest BCUT2D eigenvalue weighted by Crippen LogP contribution is 2.12. The van der Waals surface area contributed by atoms with Gasteiger partial charge in [-0.1, -0.05) is 6.07 Å². The second-order valence-electron chi connectivity index (χ2n) is 4.74. The van der Waals surface area contributed by atoms with Crippen molar-refractivity contribution in [2.75, 3.05) is 5.32 Å². The molecule has 0 fully saturated rings. The molecule has 0 heterocycles. The molecule has 0 saturated carbocycles. The summed E-state index contributed by atoms with van der Waals surface area (Å²) < 4.78 is 6.07. The van der Waals surface area contributed by atoms with Gasteiger partial charge in [-0.15, -0.1) is 0 Å². The predicted molar refractivity (Wildman–Crippen MR) is 93.8 cm³/mol. The lowest BCUT2D eigenvalue weighted by molar-refractivity contribution is -0.123. The number of esters is 1. The number of nitrogens with one attached hydrogen (secondary N) is 1. The maximum atomic E-state index is 12.0. The number of halogens is 1. The highest BCUT2D eigenvalue weighted by atomic mass is 127. The summed E-state index contributed by atoms with van der Waals surface area (Å²) in [6.45, 7) is 1.50. The maximum absolute atomic E-state index is 12.0. The Balaban J connectivity index is 1.96. The molecule has 2 aromatic carbocycles. The average Bonchev–Trinajstić information content (AvgIpc) is 2.55. The molecule has 1 N–H and O–H groups in total. The van der Waals surface area contributed by atoms with Crippen LogP contribution >= 0.6 is 22.6 Å². The second kappa shape index (κ2) is 7.74. The molecule has 0 spiro atoms. The Labute approximate surface area is 147 Å². The van der Waals surface area contributed by atoms with Crippen molar-refractivity contribution in [2.45, 2.75) is 13.0 Å². The van der Waals surface area contributed by atoms with Crippen molar-refractivity contribution in [3.8, 4) is 6.07 Å². The third-order valence-electron chi connectivity index (χ3n) is 2.99. The molecule has 116 valence electrons. The number of rotatable bonds is 4. The highest BCUT2D eigenvalue weighted by Gasteiger charge is 2.19. The zero-order chi connectivity index (χ0) is 16.8. The van der Waals surface area contributed by atoms with Crippen LogP contribution in [0.4, 0.5) is 5.69 Å². The van der Waals surface area contributed by atoms with Crippen LogP contribution in [0.1, 0.15) is 22.8 Å². The van der Waals surface area contributed by atoms with Crippen molar-refractivity contribution in [3.63, 3.8) is 0 Å². The molecule has 0 aromatic heterocycles. The molecule has 0 aliphatic rings. The van der Waals surface area contributed by atoms with Crippen molar-refractivity contribution < 1.29 is 14.3 Å². The Bertz CT molecular complexity index is 766. The number of nitrogens with zero attached hydrogens (tertiary/aromatic N) is 1. The normalized spacial score (nSPS) is 11.2. The Morgan fingerprint density at radius 3 is 2.52 bits per heavy atom. The van der Waals surface area contributed by atoms with Gasteiger partial charge in [0.05, 0.1) is 17.2 Å². The van der Waals surface area contributed by atoms with Crippen LogP contribution in [-0.4, -0.2) is 18.0 Å². The number of hydrogen-bond acceptors (Lipinski definition) is 4. The van der Waals surface area contributed by atoms with Gasteiger partial charge in [0, 0.05) is 9.26 Å². The van der Waals surface area contributed by atoms with Crippen LogP contribution in [0.15, 0.2) is 48.5 Å². The number of amides is 1. The molecule has 1 unspecified atom stereocenters. The van der Waals surface area contributed by atoms with Gasteiger partial charge in [-0.2, -0.15) is 5.26 Å². The molecule has 0 radical (unpaired) electrons. The zero-order valence-corrected chi connectivity index (χ0v) is 14.4. The molecule has 2 rings (SSSR count). The first-order valence-electron chi connectivity index (χ1n) is 6.77. The van der Waals surface area contributed by atoms with E-state index in [0.717, 1.165) is 3.57 Å². The summed E-state index contributed by atoms with van der Waals surface area (Å²) in [5.41, 5.74) is 1.43. The van der Waals surface area contributed by atoms with Crippen molar-refractivity contribution in [2.24, 2.45) is 0 Å². The van der Waals surface area contributed by atoms with E-state index in [1.165, 1.54) is 6.92 Å². The van der Waals surface area contributed by atoms with Crippen LogP contribution in [0.3, 0.4) is 0 Å². The second-order valence-corrected chi connectivity index (χ2v) is 5.98. The third kappa shape index (κ3) is 4.79. The van der Waals surface area contributed by atoms with Crippen LogP contribution in [0, 0.1) is 14.9 Å². The van der Waals surface area contributed by atoms with Gasteiger partial charge in [-0.05, 0) is 72.0 Å². The van der Waals surface area contributed by atoms with E-state index in [0.29, 0.717) is 16.8 Å². The van der Waals surface area contributed by atoms with E-state index in [4.69, 9.17) is 10.00 Å². The van der Waals surface area contributed by atoms with E-state index < -0.39 is 18.0 Å². The van der Waals surface area contributed by atoms with Crippen LogP contribution in [0.2, 0.25) is 0 Å². The predicted octanol–water partition coefficient (Wildman–Crippen LogP) is 3.35. The first-order chi connectivity index (χ1) is 11.0. The van der Waals surface area contributed by atoms with Gasteiger partial charge in [-0.3, -0.25) is 4.79 Å². The lowest BCUT2D eigenvalue weighted by Crippen LogP contribution is -2.30. The fourth-order valence-corrected chi connectivity index (χ4v) is 2.31. The fourth-order valence-electron chi connectivity index (χ4n) is 1.77. The number of benzene rings is 2. The fraction of sp³-hybridized carbons (Fsp3) is 0.118. The van der Waals surface area contributed by atoms with E-state index in [9.17, 15) is 9.59 Å². The summed E-state index contributed by atoms with van der Waals surface area (Å²) in [5.74, 6) is -0.986. The largest absolute Gasteiger partial charge is 0.449 e. The zero-order valence-electron chi connectivity index (χ0n) is 12.2. The quantitative estimate of drug-likeness (QED) is 0.608. The Kier molecular flexibility index (Phi) is 5.71. The van der Waals surface area contributed by atoms with E-state index in [2.05, 4.69) is 27.9 Å². The Morgan fingerprint density at radius 1 is 1.22 bits per heavy atom. The van der Waals surface area contributed by atoms with Gasteiger partial charge in [0.2, 0.25) is 0 Å². The molecule has 23 heavy (non-hydrogen) atoms. The number of carbonyl (C=O) groups is 2.